The van der Waals surface area contributed by atoms with E-state index in [1.165, 1.54) is 6.07 Å². The lowest BCUT2D eigenvalue weighted by Crippen LogP contribution is -2.38. The average molecular weight is 340 g/mol. The predicted octanol–water partition coefficient (Wildman–Crippen LogP) is 5.59. The number of aryl methyl sites for hydroxylation is 1. The number of rotatable bonds is 2. The van der Waals surface area contributed by atoms with Crippen LogP contribution in [0.4, 0.5) is 14.9 Å². The summed E-state index contributed by atoms with van der Waals surface area (Å²) in [5.74, 6) is -0.253. The summed E-state index contributed by atoms with van der Waals surface area (Å²) in [4.78, 5) is 14.8. The third-order valence-electron chi connectivity index (χ3n) is 5.09. The summed E-state index contributed by atoms with van der Waals surface area (Å²) in [5, 5.41) is 3.06. The normalized spacial score (nSPS) is 17.9. The summed E-state index contributed by atoms with van der Waals surface area (Å²) < 4.78 is 13.7. The van der Waals surface area contributed by atoms with Gasteiger partial charge in [0.25, 0.3) is 0 Å². The molecule has 1 unspecified atom stereocenters. The van der Waals surface area contributed by atoms with Gasteiger partial charge >= 0.3 is 6.03 Å². The van der Waals surface area contributed by atoms with Gasteiger partial charge in [0.2, 0.25) is 0 Å². The second-order valence-electron chi connectivity index (χ2n) is 6.79. The quantitative estimate of drug-likeness (QED) is 0.759. The van der Waals surface area contributed by atoms with Crippen molar-refractivity contribution in [3.63, 3.8) is 0 Å². The van der Waals surface area contributed by atoms with Gasteiger partial charge in [-0.1, -0.05) is 37.1 Å². The minimum Gasteiger partial charge on any atom is -0.317 e. The van der Waals surface area contributed by atoms with Crippen molar-refractivity contribution < 1.29 is 9.18 Å². The molecule has 0 aromatic heterocycles. The maximum Gasteiger partial charge on any atom is 0.322 e. The number of likely N-dealkylation sites (tertiary alicyclic amines) is 1. The first-order chi connectivity index (χ1) is 12.1. The van der Waals surface area contributed by atoms with Crippen LogP contribution in [0, 0.1) is 19.7 Å². The van der Waals surface area contributed by atoms with Gasteiger partial charge in [-0.15, -0.1) is 0 Å². The fourth-order valence-electron chi connectivity index (χ4n) is 3.49. The van der Waals surface area contributed by atoms with Gasteiger partial charge in [0.15, 0.2) is 0 Å². The van der Waals surface area contributed by atoms with Gasteiger partial charge in [0, 0.05) is 12.2 Å². The van der Waals surface area contributed by atoms with Crippen LogP contribution in [0.15, 0.2) is 42.5 Å². The number of nitrogens with zero attached hydrogens (tertiary/aromatic N) is 1. The number of carbonyl (C=O) groups excluding carboxylic acids is 1. The van der Waals surface area contributed by atoms with Gasteiger partial charge in [-0.3, -0.25) is 0 Å². The van der Waals surface area contributed by atoms with Crippen LogP contribution in [-0.4, -0.2) is 17.5 Å². The van der Waals surface area contributed by atoms with Crippen LogP contribution in [0.2, 0.25) is 0 Å². The van der Waals surface area contributed by atoms with Gasteiger partial charge in [0.05, 0.1) is 6.04 Å². The van der Waals surface area contributed by atoms with E-state index in [2.05, 4.69) is 5.32 Å². The largest absolute Gasteiger partial charge is 0.322 e. The lowest BCUT2D eigenvalue weighted by molar-refractivity contribution is 0.189. The highest BCUT2D eigenvalue weighted by molar-refractivity contribution is 5.90. The van der Waals surface area contributed by atoms with E-state index in [0.717, 1.165) is 48.1 Å². The van der Waals surface area contributed by atoms with Crippen LogP contribution in [0.3, 0.4) is 0 Å². The molecule has 0 bridgehead atoms. The molecule has 2 aromatic carbocycles. The van der Waals surface area contributed by atoms with Crippen LogP contribution >= 0.6 is 0 Å². The van der Waals surface area contributed by atoms with E-state index < -0.39 is 0 Å². The first-order valence-corrected chi connectivity index (χ1v) is 8.95. The zero-order chi connectivity index (χ0) is 17.8. The van der Waals surface area contributed by atoms with Gasteiger partial charge in [0.1, 0.15) is 5.82 Å². The van der Waals surface area contributed by atoms with E-state index in [0.29, 0.717) is 6.54 Å². The van der Waals surface area contributed by atoms with E-state index in [9.17, 15) is 9.18 Å². The summed E-state index contributed by atoms with van der Waals surface area (Å²) in [6.07, 6.45) is 3.99. The van der Waals surface area contributed by atoms with Gasteiger partial charge in [-0.25, -0.2) is 9.18 Å². The third kappa shape index (κ3) is 4.01. The monoisotopic (exact) mass is 340 g/mol. The van der Waals surface area contributed by atoms with Crippen molar-refractivity contribution in [1.82, 2.24) is 4.90 Å². The molecule has 1 atom stereocenters. The molecule has 3 nitrogen and oxygen atoms in total. The lowest BCUT2D eigenvalue weighted by atomic mass is 10.0. The van der Waals surface area contributed by atoms with Crippen LogP contribution in [-0.2, 0) is 0 Å². The molecular formula is C21H25FN2O. The minimum absolute atomic E-state index is 0.0803. The summed E-state index contributed by atoms with van der Waals surface area (Å²) in [6.45, 7) is 4.74. The highest BCUT2D eigenvalue weighted by Crippen LogP contribution is 2.31. The summed E-state index contributed by atoms with van der Waals surface area (Å²) in [6, 6.07) is 12.3. The molecule has 3 rings (SSSR count). The average Bonchev–Trinajstić information content (AvgIpc) is 2.85. The van der Waals surface area contributed by atoms with Crippen LogP contribution in [0.1, 0.15) is 48.4 Å². The molecule has 0 spiro atoms. The first kappa shape index (κ1) is 17.5. The van der Waals surface area contributed by atoms with Crippen molar-refractivity contribution >= 4 is 11.7 Å². The van der Waals surface area contributed by atoms with Gasteiger partial charge in [-0.2, -0.15) is 0 Å². The Labute approximate surface area is 148 Å². The van der Waals surface area contributed by atoms with Crippen molar-refractivity contribution in [2.24, 2.45) is 0 Å². The maximum atomic E-state index is 13.7. The molecule has 1 heterocycles. The molecule has 25 heavy (non-hydrogen) atoms. The highest BCUT2D eigenvalue weighted by Gasteiger charge is 2.27. The van der Waals surface area contributed by atoms with E-state index in [1.807, 2.05) is 43.0 Å². The van der Waals surface area contributed by atoms with E-state index in [1.54, 1.807) is 12.1 Å². The second-order valence-corrected chi connectivity index (χ2v) is 6.79. The van der Waals surface area contributed by atoms with Crippen molar-refractivity contribution in [3.05, 3.63) is 65.0 Å². The number of carbonyl (C=O) groups is 1. The number of urea groups is 1. The maximum absolute atomic E-state index is 13.7. The van der Waals surface area contributed by atoms with E-state index in [4.69, 9.17) is 0 Å². The number of amides is 2. The lowest BCUT2D eigenvalue weighted by Gasteiger charge is -2.31. The van der Waals surface area contributed by atoms with Crippen LogP contribution in [0.25, 0.3) is 0 Å². The number of anilines is 1. The topological polar surface area (TPSA) is 32.3 Å². The smallest absolute Gasteiger partial charge is 0.317 e. The molecule has 0 saturated carbocycles. The van der Waals surface area contributed by atoms with Gasteiger partial charge in [-0.05, 0) is 61.6 Å². The molecule has 0 aliphatic carbocycles. The van der Waals surface area contributed by atoms with Gasteiger partial charge < -0.3 is 10.2 Å². The molecule has 1 aliphatic heterocycles. The zero-order valence-electron chi connectivity index (χ0n) is 14.9. The Hall–Kier alpha value is -2.36. The van der Waals surface area contributed by atoms with Crippen molar-refractivity contribution in [3.8, 4) is 0 Å². The number of benzene rings is 2. The fraction of sp³-hybridized carbons (Fsp3) is 0.381. The standard InChI is InChI=1S/C21H25FN2O/c1-15-8-6-11-19(16(15)2)23-21(25)24-13-5-3-4-12-20(24)17-9-7-10-18(22)14-17/h6-11,14,20H,3-5,12-13H2,1-2H3,(H,23,25). The zero-order valence-corrected chi connectivity index (χ0v) is 14.9. The molecular weight excluding hydrogens is 315 g/mol. The van der Waals surface area contributed by atoms with Crippen LogP contribution in [0.5, 0.6) is 0 Å². The predicted molar refractivity (Wildman–Crippen MR) is 99.2 cm³/mol. The van der Waals surface area contributed by atoms with Crippen LogP contribution < -0.4 is 5.32 Å². The summed E-state index contributed by atoms with van der Waals surface area (Å²) in [7, 11) is 0. The SMILES string of the molecule is Cc1cccc(NC(=O)N2CCCCCC2c2cccc(F)c2)c1C. The molecule has 1 aliphatic rings. The Morgan fingerprint density at radius 3 is 2.72 bits per heavy atom. The van der Waals surface area contributed by atoms with Crippen molar-refractivity contribution in [1.29, 1.82) is 0 Å². The molecule has 4 heteroatoms. The number of hydrogen-bond acceptors (Lipinski definition) is 1. The van der Waals surface area contributed by atoms with E-state index in [-0.39, 0.29) is 17.9 Å². The Bertz CT molecular complexity index is 759. The number of nitrogens with one attached hydrogen (secondary N) is 1. The second kappa shape index (κ2) is 7.68. The molecule has 1 saturated heterocycles. The first-order valence-electron chi connectivity index (χ1n) is 8.95. The van der Waals surface area contributed by atoms with E-state index >= 15 is 0 Å². The molecule has 132 valence electrons. The van der Waals surface area contributed by atoms with Crippen molar-refractivity contribution in [2.75, 3.05) is 11.9 Å². The molecule has 1 N–H and O–H groups in total. The summed E-state index contributed by atoms with van der Waals surface area (Å²) in [5.41, 5.74) is 3.94. The fourth-order valence-corrected chi connectivity index (χ4v) is 3.49. The third-order valence-corrected chi connectivity index (χ3v) is 5.09. The number of halogens is 1. The molecule has 1 fully saturated rings. The highest BCUT2D eigenvalue weighted by atomic mass is 19.1. The molecule has 0 radical (unpaired) electrons. The minimum atomic E-state index is -0.253. The number of hydrogen-bond donors (Lipinski definition) is 1. The Morgan fingerprint density at radius 2 is 1.92 bits per heavy atom. The molecule has 2 aromatic rings. The Morgan fingerprint density at radius 1 is 1.12 bits per heavy atom. The Balaban J connectivity index is 1.85. The summed E-state index contributed by atoms with van der Waals surface area (Å²) >= 11 is 0. The van der Waals surface area contributed by atoms with Crippen molar-refractivity contribution in [2.45, 2.75) is 45.6 Å². The Kier molecular flexibility index (Phi) is 5.37. The molecule has 2 amide bonds.